The minimum absolute atomic E-state index is 0.547. The van der Waals surface area contributed by atoms with Gasteiger partial charge in [0.05, 0.1) is 0 Å². The van der Waals surface area contributed by atoms with Crippen LogP contribution in [-0.2, 0) is 6.42 Å². The van der Waals surface area contributed by atoms with Crippen LogP contribution in [0, 0.1) is 0 Å². The van der Waals surface area contributed by atoms with Gasteiger partial charge >= 0.3 is 0 Å². The highest BCUT2D eigenvalue weighted by Crippen LogP contribution is 2.18. The topological polar surface area (TPSA) is 51.0 Å². The average Bonchev–Trinajstić information content (AvgIpc) is 3.08. The van der Waals surface area contributed by atoms with Crippen LogP contribution in [0.25, 0.3) is 11.5 Å². The summed E-state index contributed by atoms with van der Waals surface area (Å²) in [6.07, 6.45) is 3.54. The van der Waals surface area contributed by atoms with Gasteiger partial charge in [-0.15, -0.1) is 10.2 Å². The van der Waals surface area contributed by atoms with Crippen LogP contribution in [0.1, 0.15) is 12.0 Å². The molecular weight excluding hydrogens is 262 g/mol. The number of nitrogens with one attached hydrogen (secondary N) is 1. The van der Waals surface area contributed by atoms with E-state index in [4.69, 9.17) is 4.42 Å². The molecule has 0 saturated heterocycles. The van der Waals surface area contributed by atoms with Crippen LogP contribution in [0.4, 0.5) is 5.69 Å². The molecule has 0 amide bonds. The Morgan fingerprint density at radius 2 is 1.76 bits per heavy atom. The second-order valence-corrected chi connectivity index (χ2v) is 4.84. The third-order valence-corrected chi connectivity index (χ3v) is 3.31. The van der Waals surface area contributed by atoms with Gasteiger partial charge in [-0.3, -0.25) is 0 Å². The second-order valence-electron chi connectivity index (χ2n) is 4.84. The normalized spacial score (nSPS) is 10.5. The fourth-order valence-corrected chi connectivity index (χ4v) is 2.20. The average molecular weight is 279 g/mol. The minimum atomic E-state index is 0.547. The summed E-state index contributed by atoms with van der Waals surface area (Å²) in [4.78, 5) is 0. The molecule has 21 heavy (non-hydrogen) atoms. The van der Waals surface area contributed by atoms with Crippen molar-refractivity contribution in [3.8, 4) is 11.5 Å². The van der Waals surface area contributed by atoms with E-state index in [1.807, 2.05) is 30.3 Å². The predicted molar refractivity (Wildman–Crippen MR) is 83.0 cm³/mol. The van der Waals surface area contributed by atoms with E-state index in [1.54, 1.807) is 0 Å². The summed E-state index contributed by atoms with van der Waals surface area (Å²) in [7, 11) is 0. The molecule has 0 bridgehead atoms. The number of nitrogens with zero attached hydrogens (tertiary/aromatic N) is 2. The number of hydrogen-bond donors (Lipinski definition) is 1. The maximum atomic E-state index is 5.16. The van der Waals surface area contributed by atoms with E-state index in [0.717, 1.165) is 30.6 Å². The Morgan fingerprint density at radius 3 is 2.48 bits per heavy atom. The Kier molecular flexibility index (Phi) is 4.27. The van der Waals surface area contributed by atoms with Crippen LogP contribution in [0.15, 0.2) is 65.4 Å². The largest absolute Gasteiger partial charge is 0.423 e. The molecule has 0 atom stereocenters. The molecule has 4 heteroatoms. The maximum absolute atomic E-state index is 5.16. The van der Waals surface area contributed by atoms with Crippen molar-refractivity contribution in [3.63, 3.8) is 0 Å². The molecule has 1 aromatic heterocycles. The predicted octanol–water partition coefficient (Wildman–Crippen LogP) is 3.78. The van der Waals surface area contributed by atoms with Gasteiger partial charge in [0.25, 0.3) is 0 Å². The third kappa shape index (κ3) is 3.69. The first-order valence-electron chi connectivity index (χ1n) is 7.06. The highest BCUT2D eigenvalue weighted by atomic mass is 16.4. The standard InChI is InChI=1S/C17H17N3O/c1-2-5-14(6-3-1)7-4-12-18-16-10-8-15(9-11-16)17-20-19-13-21-17/h1-3,5-6,8-11,13,18H,4,7,12H2. The zero-order chi connectivity index (χ0) is 14.3. The first-order chi connectivity index (χ1) is 10.4. The number of hydrogen-bond acceptors (Lipinski definition) is 4. The summed E-state index contributed by atoms with van der Waals surface area (Å²) in [6, 6.07) is 18.6. The molecule has 0 spiro atoms. The molecule has 4 nitrogen and oxygen atoms in total. The van der Waals surface area contributed by atoms with E-state index < -0.39 is 0 Å². The molecule has 3 rings (SSSR count). The number of benzene rings is 2. The zero-order valence-corrected chi connectivity index (χ0v) is 11.7. The van der Waals surface area contributed by atoms with Crippen molar-refractivity contribution in [1.29, 1.82) is 0 Å². The molecule has 1 heterocycles. The Hall–Kier alpha value is -2.62. The summed E-state index contributed by atoms with van der Waals surface area (Å²) >= 11 is 0. The second kappa shape index (κ2) is 6.70. The van der Waals surface area contributed by atoms with Crippen molar-refractivity contribution in [3.05, 3.63) is 66.6 Å². The summed E-state index contributed by atoms with van der Waals surface area (Å²) in [5.41, 5.74) is 3.42. The van der Waals surface area contributed by atoms with Gasteiger partial charge in [0, 0.05) is 17.8 Å². The van der Waals surface area contributed by atoms with Crippen molar-refractivity contribution in [1.82, 2.24) is 10.2 Å². The van der Waals surface area contributed by atoms with E-state index >= 15 is 0 Å². The lowest BCUT2D eigenvalue weighted by Crippen LogP contribution is -2.02. The Morgan fingerprint density at radius 1 is 0.952 bits per heavy atom. The molecule has 0 saturated carbocycles. The smallest absolute Gasteiger partial charge is 0.247 e. The number of aromatic nitrogens is 2. The van der Waals surface area contributed by atoms with Crippen molar-refractivity contribution < 1.29 is 4.42 Å². The molecule has 3 aromatic rings. The van der Waals surface area contributed by atoms with Gasteiger partial charge in [-0.2, -0.15) is 0 Å². The van der Waals surface area contributed by atoms with Crippen molar-refractivity contribution in [2.24, 2.45) is 0 Å². The lowest BCUT2D eigenvalue weighted by Gasteiger charge is -2.06. The summed E-state index contributed by atoms with van der Waals surface area (Å²) in [6.45, 7) is 0.953. The monoisotopic (exact) mass is 279 g/mol. The van der Waals surface area contributed by atoms with Crippen molar-refractivity contribution >= 4 is 5.69 Å². The van der Waals surface area contributed by atoms with E-state index in [1.165, 1.54) is 12.0 Å². The molecule has 106 valence electrons. The lowest BCUT2D eigenvalue weighted by molar-refractivity contribution is 0.568. The van der Waals surface area contributed by atoms with E-state index in [0.29, 0.717) is 5.89 Å². The van der Waals surface area contributed by atoms with Gasteiger partial charge in [-0.05, 0) is 42.7 Å². The molecular formula is C17H17N3O. The van der Waals surface area contributed by atoms with Crippen LogP contribution in [-0.4, -0.2) is 16.7 Å². The molecule has 0 aliphatic heterocycles. The first-order valence-corrected chi connectivity index (χ1v) is 7.06. The Balaban J connectivity index is 1.47. The lowest BCUT2D eigenvalue weighted by atomic mass is 10.1. The quantitative estimate of drug-likeness (QED) is 0.698. The summed E-state index contributed by atoms with van der Waals surface area (Å²) in [5.74, 6) is 0.547. The Labute approximate surface area is 123 Å². The van der Waals surface area contributed by atoms with Gasteiger partial charge in [0.2, 0.25) is 12.3 Å². The first kappa shape index (κ1) is 13.4. The van der Waals surface area contributed by atoms with E-state index in [-0.39, 0.29) is 0 Å². The fraction of sp³-hybridized carbons (Fsp3) is 0.176. The van der Waals surface area contributed by atoms with E-state index in [9.17, 15) is 0 Å². The van der Waals surface area contributed by atoms with Gasteiger partial charge in [0.15, 0.2) is 0 Å². The van der Waals surface area contributed by atoms with Crippen molar-refractivity contribution in [2.75, 3.05) is 11.9 Å². The molecule has 0 fully saturated rings. The van der Waals surface area contributed by atoms with Crippen LogP contribution >= 0.6 is 0 Å². The number of anilines is 1. The van der Waals surface area contributed by atoms with Gasteiger partial charge in [0.1, 0.15) is 0 Å². The van der Waals surface area contributed by atoms with Gasteiger partial charge in [-0.25, -0.2) is 0 Å². The molecule has 0 aliphatic carbocycles. The fourth-order valence-electron chi connectivity index (χ4n) is 2.20. The molecule has 0 unspecified atom stereocenters. The minimum Gasteiger partial charge on any atom is -0.423 e. The van der Waals surface area contributed by atoms with Crippen LogP contribution in [0.5, 0.6) is 0 Å². The maximum Gasteiger partial charge on any atom is 0.247 e. The molecule has 1 N–H and O–H groups in total. The molecule has 0 radical (unpaired) electrons. The Bertz CT molecular complexity index is 648. The third-order valence-electron chi connectivity index (χ3n) is 3.31. The zero-order valence-electron chi connectivity index (χ0n) is 11.7. The van der Waals surface area contributed by atoms with Crippen LogP contribution < -0.4 is 5.32 Å². The van der Waals surface area contributed by atoms with Gasteiger partial charge < -0.3 is 9.73 Å². The van der Waals surface area contributed by atoms with Crippen LogP contribution in [0.3, 0.4) is 0 Å². The SMILES string of the molecule is c1ccc(CCCNc2ccc(-c3nnco3)cc2)cc1. The highest BCUT2D eigenvalue weighted by molar-refractivity contribution is 5.58. The van der Waals surface area contributed by atoms with Crippen LogP contribution in [0.2, 0.25) is 0 Å². The van der Waals surface area contributed by atoms with E-state index in [2.05, 4.69) is 39.8 Å². The number of aryl methyl sites for hydroxylation is 1. The van der Waals surface area contributed by atoms with Gasteiger partial charge in [-0.1, -0.05) is 30.3 Å². The highest BCUT2D eigenvalue weighted by Gasteiger charge is 2.02. The summed E-state index contributed by atoms with van der Waals surface area (Å²) < 4.78 is 5.16. The molecule has 0 aliphatic rings. The summed E-state index contributed by atoms with van der Waals surface area (Å²) in [5, 5.41) is 11.0. The number of rotatable bonds is 6. The van der Waals surface area contributed by atoms with Crippen molar-refractivity contribution in [2.45, 2.75) is 12.8 Å². The molecule has 2 aromatic carbocycles.